The first-order valence-corrected chi connectivity index (χ1v) is 6.35. The van der Waals surface area contributed by atoms with Crippen molar-refractivity contribution in [1.29, 1.82) is 0 Å². The molecule has 1 aliphatic heterocycles. The summed E-state index contributed by atoms with van der Waals surface area (Å²) in [5.41, 5.74) is 7.01. The molecule has 4 nitrogen and oxygen atoms in total. The van der Waals surface area contributed by atoms with Gasteiger partial charge in [-0.3, -0.25) is 4.79 Å². The Bertz CT molecular complexity index is 424. The number of piperidine rings is 1. The van der Waals surface area contributed by atoms with Crippen molar-refractivity contribution in [2.24, 2.45) is 5.92 Å². The predicted molar refractivity (Wildman–Crippen MR) is 78.6 cm³/mol. The number of benzene rings is 1. The monoisotopic (exact) mass is 284 g/mol. The fourth-order valence-corrected chi connectivity index (χ4v) is 2.48. The highest BCUT2D eigenvalue weighted by Crippen LogP contribution is 2.20. The van der Waals surface area contributed by atoms with Crippen LogP contribution in [0, 0.1) is 5.92 Å². The van der Waals surface area contributed by atoms with E-state index < -0.39 is 0 Å². The number of methoxy groups -OCH3 is 1. The van der Waals surface area contributed by atoms with Crippen molar-refractivity contribution in [1.82, 2.24) is 4.90 Å². The molecule has 1 aromatic carbocycles. The zero-order valence-electron chi connectivity index (χ0n) is 11.2. The summed E-state index contributed by atoms with van der Waals surface area (Å²) in [6.07, 6.45) is 2.16. The molecule has 1 saturated heterocycles. The van der Waals surface area contributed by atoms with Gasteiger partial charge in [0, 0.05) is 25.9 Å². The van der Waals surface area contributed by atoms with E-state index in [0.29, 0.717) is 23.8 Å². The maximum absolute atomic E-state index is 12.4. The predicted octanol–water partition coefficient (Wildman–Crippen LogP) is 2.19. The zero-order valence-corrected chi connectivity index (χ0v) is 12.0. The standard InChI is InChI=1S/C14H20N2O2.ClH/c1-18-10-11-5-4-8-16(9-11)14(17)12-6-2-3-7-13(12)15;/h2-3,6-7,11H,4-5,8-10,15H2,1H3;1H. The lowest BCUT2D eigenvalue weighted by atomic mass is 9.98. The van der Waals surface area contributed by atoms with Crippen LogP contribution in [0.2, 0.25) is 0 Å². The molecule has 19 heavy (non-hydrogen) atoms. The highest BCUT2D eigenvalue weighted by atomic mass is 35.5. The summed E-state index contributed by atoms with van der Waals surface area (Å²) in [6, 6.07) is 7.25. The average molecular weight is 285 g/mol. The van der Waals surface area contributed by atoms with Gasteiger partial charge in [-0.15, -0.1) is 12.4 Å². The van der Waals surface area contributed by atoms with Crippen LogP contribution in [-0.4, -0.2) is 37.6 Å². The lowest BCUT2D eigenvalue weighted by Gasteiger charge is -2.32. The first kappa shape index (κ1) is 15.8. The Morgan fingerprint density at radius 2 is 2.21 bits per heavy atom. The molecule has 1 aliphatic rings. The van der Waals surface area contributed by atoms with E-state index in [9.17, 15) is 4.79 Å². The van der Waals surface area contributed by atoms with Crippen molar-refractivity contribution in [2.45, 2.75) is 12.8 Å². The Morgan fingerprint density at radius 3 is 2.89 bits per heavy atom. The number of nitrogens with two attached hydrogens (primary N) is 1. The second-order valence-electron chi connectivity index (χ2n) is 4.80. The average Bonchev–Trinajstić information content (AvgIpc) is 2.39. The van der Waals surface area contributed by atoms with Gasteiger partial charge >= 0.3 is 0 Å². The van der Waals surface area contributed by atoms with E-state index in [-0.39, 0.29) is 18.3 Å². The highest BCUT2D eigenvalue weighted by Gasteiger charge is 2.25. The summed E-state index contributed by atoms with van der Waals surface area (Å²) < 4.78 is 5.18. The molecule has 0 bridgehead atoms. The van der Waals surface area contributed by atoms with Crippen molar-refractivity contribution < 1.29 is 9.53 Å². The molecule has 2 N–H and O–H groups in total. The number of hydrogen-bond donors (Lipinski definition) is 1. The smallest absolute Gasteiger partial charge is 0.255 e. The molecule has 1 aromatic rings. The lowest BCUT2D eigenvalue weighted by molar-refractivity contribution is 0.0572. The number of hydrogen-bond acceptors (Lipinski definition) is 3. The molecule has 0 spiro atoms. The van der Waals surface area contributed by atoms with E-state index in [1.807, 2.05) is 17.0 Å². The molecular formula is C14H21ClN2O2. The molecule has 1 amide bonds. The Hall–Kier alpha value is -1.26. The van der Waals surface area contributed by atoms with Gasteiger partial charge in [0.2, 0.25) is 0 Å². The number of para-hydroxylation sites is 1. The number of likely N-dealkylation sites (tertiary alicyclic amines) is 1. The summed E-state index contributed by atoms with van der Waals surface area (Å²) in [4.78, 5) is 14.3. The van der Waals surface area contributed by atoms with Crippen LogP contribution in [-0.2, 0) is 4.74 Å². The number of anilines is 1. The Kier molecular flexibility index (Phi) is 6.12. The van der Waals surface area contributed by atoms with Crippen LogP contribution in [0.15, 0.2) is 24.3 Å². The second-order valence-corrected chi connectivity index (χ2v) is 4.80. The third-order valence-corrected chi connectivity index (χ3v) is 3.40. The topological polar surface area (TPSA) is 55.6 Å². The zero-order chi connectivity index (χ0) is 13.0. The number of nitrogens with zero attached hydrogens (tertiary/aromatic N) is 1. The van der Waals surface area contributed by atoms with Crippen LogP contribution in [0.5, 0.6) is 0 Å². The summed E-state index contributed by atoms with van der Waals surface area (Å²) in [5, 5.41) is 0. The number of carbonyl (C=O) groups is 1. The number of rotatable bonds is 3. The molecule has 1 atom stereocenters. The van der Waals surface area contributed by atoms with Crippen LogP contribution >= 0.6 is 12.4 Å². The quantitative estimate of drug-likeness (QED) is 0.866. The summed E-state index contributed by atoms with van der Waals surface area (Å²) in [6.45, 7) is 2.29. The fraction of sp³-hybridized carbons (Fsp3) is 0.500. The van der Waals surface area contributed by atoms with Gasteiger partial charge in [0.05, 0.1) is 12.2 Å². The maximum Gasteiger partial charge on any atom is 0.255 e. The SMILES string of the molecule is COCC1CCCN(C(=O)c2ccccc2N)C1.Cl. The minimum atomic E-state index is 0. The van der Waals surface area contributed by atoms with Crippen molar-refractivity contribution in [3.05, 3.63) is 29.8 Å². The van der Waals surface area contributed by atoms with Crippen molar-refractivity contribution in [2.75, 3.05) is 32.5 Å². The second kappa shape index (κ2) is 7.36. The van der Waals surface area contributed by atoms with Gasteiger partial charge in [0.25, 0.3) is 5.91 Å². The Labute approximate surface area is 120 Å². The number of halogens is 1. The molecule has 0 saturated carbocycles. The number of ether oxygens (including phenoxy) is 1. The molecule has 1 unspecified atom stereocenters. The number of amides is 1. The van der Waals surface area contributed by atoms with Gasteiger partial charge in [-0.1, -0.05) is 12.1 Å². The van der Waals surface area contributed by atoms with E-state index in [4.69, 9.17) is 10.5 Å². The largest absolute Gasteiger partial charge is 0.398 e. The van der Waals surface area contributed by atoms with E-state index in [2.05, 4.69) is 0 Å². The Morgan fingerprint density at radius 1 is 1.47 bits per heavy atom. The normalized spacial score (nSPS) is 18.8. The van der Waals surface area contributed by atoms with Crippen LogP contribution in [0.3, 0.4) is 0 Å². The molecule has 1 heterocycles. The summed E-state index contributed by atoms with van der Waals surface area (Å²) >= 11 is 0. The van der Waals surface area contributed by atoms with Crippen LogP contribution < -0.4 is 5.73 Å². The highest BCUT2D eigenvalue weighted by molar-refractivity contribution is 5.99. The number of carbonyl (C=O) groups excluding carboxylic acids is 1. The van der Waals surface area contributed by atoms with Gasteiger partial charge in [-0.25, -0.2) is 0 Å². The van der Waals surface area contributed by atoms with Crippen LogP contribution in [0.1, 0.15) is 23.2 Å². The van der Waals surface area contributed by atoms with Gasteiger partial charge < -0.3 is 15.4 Å². The molecule has 0 radical (unpaired) electrons. The number of nitrogen functional groups attached to an aromatic ring is 1. The molecule has 0 aliphatic carbocycles. The Balaban J connectivity index is 0.00000180. The summed E-state index contributed by atoms with van der Waals surface area (Å²) in [5.74, 6) is 0.478. The minimum absolute atomic E-state index is 0. The van der Waals surface area contributed by atoms with Crippen molar-refractivity contribution in [3.8, 4) is 0 Å². The lowest BCUT2D eigenvalue weighted by Crippen LogP contribution is -2.41. The molecule has 106 valence electrons. The maximum atomic E-state index is 12.4. The molecule has 5 heteroatoms. The van der Waals surface area contributed by atoms with Crippen molar-refractivity contribution in [3.63, 3.8) is 0 Å². The minimum Gasteiger partial charge on any atom is -0.398 e. The third-order valence-electron chi connectivity index (χ3n) is 3.40. The van der Waals surface area contributed by atoms with Gasteiger partial charge in [0.1, 0.15) is 0 Å². The van der Waals surface area contributed by atoms with Gasteiger partial charge in [0.15, 0.2) is 0 Å². The van der Waals surface area contributed by atoms with Crippen LogP contribution in [0.25, 0.3) is 0 Å². The molecule has 2 rings (SSSR count). The van der Waals surface area contributed by atoms with E-state index in [0.717, 1.165) is 25.9 Å². The first-order valence-electron chi connectivity index (χ1n) is 6.35. The molecular weight excluding hydrogens is 264 g/mol. The van der Waals surface area contributed by atoms with Crippen LogP contribution in [0.4, 0.5) is 5.69 Å². The van der Waals surface area contributed by atoms with Crippen molar-refractivity contribution >= 4 is 24.0 Å². The van der Waals surface area contributed by atoms with E-state index in [1.165, 1.54) is 0 Å². The van der Waals surface area contributed by atoms with E-state index >= 15 is 0 Å². The fourth-order valence-electron chi connectivity index (χ4n) is 2.48. The molecule has 0 aromatic heterocycles. The van der Waals surface area contributed by atoms with Gasteiger partial charge in [-0.2, -0.15) is 0 Å². The summed E-state index contributed by atoms with van der Waals surface area (Å²) in [7, 11) is 1.70. The third kappa shape index (κ3) is 3.85. The first-order chi connectivity index (χ1) is 8.72. The van der Waals surface area contributed by atoms with Gasteiger partial charge in [-0.05, 0) is 30.9 Å². The van der Waals surface area contributed by atoms with E-state index in [1.54, 1.807) is 19.2 Å². The molecule has 1 fully saturated rings.